The van der Waals surface area contributed by atoms with Crippen LogP contribution in [0.2, 0.25) is 0 Å². The van der Waals surface area contributed by atoms with Gasteiger partial charge in [0.1, 0.15) is 0 Å². The molecule has 4 rings (SSSR count). The fraction of sp³-hybridized carbons (Fsp3) is 0.520. The number of phenolic OH excluding ortho intramolecular Hbond substituents is 1. The number of hydrogen-bond acceptors (Lipinski definition) is 8. The Morgan fingerprint density at radius 3 is 2.24 bits per heavy atom. The maximum atomic E-state index is 13.3. The first-order chi connectivity index (χ1) is 16.4. The second-order valence-electron chi connectivity index (χ2n) is 8.78. The Morgan fingerprint density at radius 2 is 1.71 bits per heavy atom. The summed E-state index contributed by atoms with van der Waals surface area (Å²) in [6, 6.07) is 2.82. The third-order valence-electron chi connectivity index (χ3n) is 6.72. The van der Waals surface area contributed by atoms with E-state index in [1.165, 1.54) is 12.1 Å². The molecule has 2 aliphatic carbocycles. The number of methoxy groups -OCH3 is 1. The molecule has 0 atom stereocenters. The number of benzene rings is 1. The molecular weight excluding hydrogens is 440 g/mol. The smallest absolute Gasteiger partial charge is 0.314 e. The standard InChI is InChI=1S/C25H30N2O7/c1-3-34-21-14-15(13-18(25(21)30)27(31)32)22-23-16(7-4-9-19(23)28)26(11-6-12-33-2)17-8-5-10-20(29)24(17)22/h13-14,22,30H,3-12H2,1-2H3. The van der Waals surface area contributed by atoms with E-state index in [4.69, 9.17) is 9.47 Å². The lowest BCUT2D eigenvalue weighted by molar-refractivity contribution is -0.386. The molecule has 1 aliphatic heterocycles. The second kappa shape index (κ2) is 9.97. The van der Waals surface area contributed by atoms with Gasteiger partial charge in [-0.15, -0.1) is 0 Å². The van der Waals surface area contributed by atoms with Crippen LogP contribution in [0.15, 0.2) is 34.7 Å². The Labute approximate surface area is 198 Å². The number of nitro benzene ring substituents is 1. The molecule has 9 nitrogen and oxygen atoms in total. The van der Waals surface area contributed by atoms with Crippen molar-refractivity contribution in [2.45, 2.75) is 57.8 Å². The van der Waals surface area contributed by atoms with Gasteiger partial charge in [-0.2, -0.15) is 0 Å². The van der Waals surface area contributed by atoms with Crippen LogP contribution in [0, 0.1) is 10.1 Å². The molecule has 0 unspecified atom stereocenters. The molecule has 0 fully saturated rings. The minimum atomic E-state index is -0.706. The molecule has 3 aliphatic rings. The average molecular weight is 471 g/mol. The van der Waals surface area contributed by atoms with Crippen LogP contribution >= 0.6 is 0 Å². The molecule has 0 saturated heterocycles. The SMILES string of the molecule is CCOc1cc(C2C3=C(CCCC3=O)N(CCCOC)C3=C2C(=O)CCC3)cc([N+](=O)[O-])c1O. The van der Waals surface area contributed by atoms with Gasteiger partial charge in [-0.1, -0.05) is 0 Å². The second-order valence-corrected chi connectivity index (χ2v) is 8.78. The zero-order valence-corrected chi connectivity index (χ0v) is 19.6. The Morgan fingerprint density at radius 1 is 1.09 bits per heavy atom. The van der Waals surface area contributed by atoms with Gasteiger partial charge in [0.15, 0.2) is 17.3 Å². The molecule has 1 aromatic carbocycles. The summed E-state index contributed by atoms with van der Waals surface area (Å²) in [5.74, 6) is -1.36. The molecule has 0 aromatic heterocycles. The topological polar surface area (TPSA) is 119 Å². The van der Waals surface area contributed by atoms with Crippen LogP contribution in [-0.4, -0.2) is 53.4 Å². The molecule has 0 amide bonds. The van der Waals surface area contributed by atoms with Crippen LogP contribution in [0.1, 0.15) is 63.4 Å². The summed E-state index contributed by atoms with van der Waals surface area (Å²) in [7, 11) is 1.64. The number of carbonyl (C=O) groups excluding carboxylic acids is 2. The van der Waals surface area contributed by atoms with Gasteiger partial charge in [-0.25, -0.2) is 0 Å². The maximum Gasteiger partial charge on any atom is 0.314 e. The number of nitrogens with zero attached hydrogens (tertiary/aromatic N) is 2. The van der Waals surface area contributed by atoms with Crippen molar-refractivity contribution < 1.29 is 29.1 Å². The zero-order chi connectivity index (χ0) is 24.4. The Balaban J connectivity index is 1.94. The van der Waals surface area contributed by atoms with Crippen LogP contribution in [0.5, 0.6) is 11.5 Å². The minimum Gasteiger partial charge on any atom is -0.500 e. The van der Waals surface area contributed by atoms with E-state index in [-0.39, 0.29) is 23.9 Å². The highest BCUT2D eigenvalue weighted by Gasteiger charge is 2.44. The summed E-state index contributed by atoms with van der Waals surface area (Å²) in [5.41, 5.74) is 2.81. The van der Waals surface area contributed by atoms with Crippen molar-refractivity contribution in [3.63, 3.8) is 0 Å². The van der Waals surface area contributed by atoms with Crippen molar-refractivity contribution in [1.82, 2.24) is 4.90 Å². The van der Waals surface area contributed by atoms with E-state index in [0.717, 1.165) is 30.7 Å². The molecule has 9 heteroatoms. The van der Waals surface area contributed by atoms with Crippen LogP contribution in [0.4, 0.5) is 5.69 Å². The number of nitro groups is 1. The first kappa shape index (κ1) is 23.9. The lowest BCUT2D eigenvalue weighted by Crippen LogP contribution is -2.39. The van der Waals surface area contributed by atoms with Crippen LogP contribution in [0.3, 0.4) is 0 Å². The van der Waals surface area contributed by atoms with Crippen LogP contribution in [-0.2, 0) is 14.3 Å². The van der Waals surface area contributed by atoms with Gasteiger partial charge in [0.25, 0.3) is 0 Å². The molecule has 34 heavy (non-hydrogen) atoms. The van der Waals surface area contributed by atoms with E-state index in [1.54, 1.807) is 14.0 Å². The van der Waals surface area contributed by atoms with Crippen molar-refractivity contribution >= 4 is 17.3 Å². The number of rotatable bonds is 8. The molecule has 0 radical (unpaired) electrons. The van der Waals surface area contributed by atoms with Crippen LogP contribution < -0.4 is 4.74 Å². The van der Waals surface area contributed by atoms with E-state index in [1.807, 2.05) is 0 Å². The Hall–Kier alpha value is -3.20. The fourth-order valence-corrected chi connectivity index (χ4v) is 5.37. The third kappa shape index (κ3) is 4.20. The number of carbonyl (C=O) groups is 2. The summed E-state index contributed by atoms with van der Waals surface area (Å²) >= 11 is 0. The summed E-state index contributed by atoms with van der Waals surface area (Å²) in [5, 5.41) is 22.1. The van der Waals surface area contributed by atoms with Crippen molar-refractivity contribution in [2.24, 2.45) is 0 Å². The maximum absolute atomic E-state index is 13.3. The summed E-state index contributed by atoms with van der Waals surface area (Å²) in [4.78, 5) is 39.8. The van der Waals surface area contributed by atoms with Gasteiger partial charge in [-0.05, 0) is 50.7 Å². The quantitative estimate of drug-likeness (QED) is 0.342. The summed E-state index contributed by atoms with van der Waals surface area (Å²) < 4.78 is 10.7. The van der Waals surface area contributed by atoms with Crippen molar-refractivity contribution in [3.05, 3.63) is 50.4 Å². The Kier molecular flexibility index (Phi) is 7.02. The molecule has 0 bridgehead atoms. The predicted octanol–water partition coefficient (Wildman–Crippen LogP) is 4.15. The molecule has 1 aromatic rings. The minimum absolute atomic E-state index is 0.0231. The van der Waals surface area contributed by atoms with E-state index in [2.05, 4.69) is 4.90 Å². The number of ether oxygens (including phenoxy) is 2. The predicted molar refractivity (Wildman–Crippen MR) is 124 cm³/mol. The van der Waals surface area contributed by atoms with E-state index in [9.17, 15) is 24.8 Å². The number of ketones is 2. The molecule has 0 spiro atoms. The molecular formula is C25H30N2O7. The van der Waals surface area contributed by atoms with Crippen molar-refractivity contribution in [2.75, 3.05) is 26.9 Å². The highest BCUT2D eigenvalue weighted by Crippen LogP contribution is 2.51. The normalized spacial score (nSPS) is 18.8. The number of Topliss-reactive ketones (excluding diaryl/α,β-unsaturated/α-hetero) is 2. The lowest BCUT2D eigenvalue weighted by atomic mass is 9.71. The van der Waals surface area contributed by atoms with Crippen LogP contribution in [0.25, 0.3) is 0 Å². The highest BCUT2D eigenvalue weighted by atomic mass is 16.6. The Bertz CT molecular complexity index is 1040. The summed E-state index contributed by atoms with van der Waals surface area (Å²) in [6.07, 6.45) is 4.34. The monoisotopic (exact) mass is 470 g/mol. The highest BCUT2D eigenvalue weighted by molar-refractivity contribution is 6.06. The van der Waals surface area contributed by atoms with Crippen molar-refractivity contribution in [3.8, 4) is 11.5 Å². The first-order valence-corrected chi connectivity index (χ1v) is 11.8. The van der Waals surface area contributed by atoms with Crippen molar-refractivity contribution in [1.29, 1.82) is 0 Å². The zero-order valence-electron chi connectivity index (χ0n) is 19.6. The molecule has 0 saturated carbocycles. The largest absolute Gasteiger partial charge is 0.500 e. The van der Waals surface area contributed by atoms with Gasteiger partial charge in [0, 0.05) is 67.6 Å². The molecule has 1 N–H and O–H groups in total. The van der Waals surface area contributed by atoms with Gasteiger partial charge < -0.3 is 19.5 Å². The van der Waals surface area contributed by atoms with Gasteiger partial charge in [0.05, 0.1) is 11.5 Å². The van der Waals surface area contributed by atoms with E-state index >= 15 is 0 Å². The van der Waals surface area contributed by atoms with E-state index < -0.39 is 22.3 Å². The number of hydrogen-bond donors (Lipinski definition) is 1. The number of aromatic hydroxyl groups is 1. The van der Waals surface area contributed by atoms with Gasteiger partial charge in [0.2, 0.25) is 5.75 Å². The molecule has 182 valence electrons. The van der Waals surface area contributed by atoms with Gasteiger partial charge >= 0.3 is 5.69 Å². The van der Waals surface area contributed by atoms with Gasteiger partial charge in [-0.3, -0.25) is 19.7 Å². The number of phenols is 1. The number of allylic oxidation sites excluding steroid dienone is 4. The summed E-state index contributed by atoms with van der Waals surface area (Å²) in [6.45, 7) is 3.12. The van der Waals surface area contributed by atoms with E-state index in [0.29, 0.717) is 55.5 Å². The molecule has 1 heterocycles. The first-order valence-electron chi connectivity index (χ1n) is 11.8. The third-order valence-corrected chi connectivity index (χ3v) is 6.72. The lowest BCUT2D eigenvalue weighted by Gasteiger charge is -2.44. The fourth-order valence-electron chi connectivity index (χ4n) is 5.37. The average Bonchev–Trinajstić information content (AvgIpc) is 2.81.